The molecule has 1 aromatic rings. The minimum absolute atomic E-state index is 0.138. The number of alkyl halides is 2. The van der Waals surface area contributed by atoms with Crippen LogP contribution in [0, 0.1) is 11.3 Å². The number of aromatic nitrogens is 1. The van der Waals surface area contributed by atoms with Gasteiger partial charge in [-0.25, -0.2) is 18.6 Å². The summed E-state index contributed by atoms with van der Waals surface area (Å²) >= 11 is 2.77. The number of rotatable bonds is 2. The molecule has 0 spiro atoms. The molecular formula is C8H3BrF2N2O2. The van der Waals surface area contributed by atoms with Crippen LogP contribution in [0.4, 0.5) is 8.78 Å². The van der Waals surface area contributed by atoms with Crippen molar-refractivity contribution in [2.45, 2.75) is 6.43 Å². The molecule has 15 heavy (non-hydrogen) atoms. The van der Waals surface area contributed by atoms with Gasteiger partial charge in [-0.2, -0.15) is 5.26 Å². The molecule has 0 saturated carbocycles. The van der Waals surface area contributed by atoms with Gasteiger partial charge in [-0.05, 0) is 6.07 Å². The van der Waals surface area contributed by atoms with Gasteiger partial charge in [0.2, 0.25) is 0 Å². The monoisotopic (exact) mass is 276 g/mol. The fourth-order valence-corrected chi connectivity index (χ4v) is 1.50. The van der Waals surface area contributed by atoms with Crippen molar-refractivity contribution in [3.63, 3.8) is 0 Å². The minimum atomic E-state index is -2.88. The van der Waals surface area contributed by atoms with Crippen LogP contribution in [0.5, 0.6) is 0 Å². The largest absolute Gasteiger partial charge is 0.477 e. The van der Waals surface area contributed by atoms with Crippen LogP contribution < -0.4 is 0 Å². The first-order valence-electron chi connectivity index (χ1n) is 3.59. The zero-order valence-corrected chi connectivity index (χ0v) is 8.62. The van der Waals surface area contributed by atoms with Crippen LogP contribution in [0.2, 0.25) is 0 Å². The van der Waals surface area contributed by atoms with Crippen LogP contribution in [-0.2, 0) is 0 Å². The van der Waals surface area contributed by atoms with Gasteiger partial charge in [0.25, 0.3) is 6.43 Å². The summed E-state index contributed by atoms with van der Waals surface area (Å²) in [5.41, 5.74) is -1.64. The number of aromatic carboxylic acids is 1. The number of carboxylic acid groups (broad SMARTS) is 1. The highest BCUT2D eigenvalue weighted by Gasteiger charge is 2.21. The van der Waals surface area contributed by atoms with Gasteiger partial charge in [0.15, 0.2) is 11.4 Å². The Kier molecular flexibility index (Phi) is 3.31. The fraction of sp³-hybridized carbons (Fsp3) is 0.125. The maximum atomic E-state index is 12.4. The molecular weight excluding hydrogens is 274 g/mol. The molecule has 0 amide bonds. The third-order valence-electron chi connectivity index (χ3n) is 1.55. The van der Waals surface area contributed by atoms with Gasteiger partial charge in [-0.1, -0.05) is 15.9 Å². The van der Waals surface area contributed by atoms with E-state index in [-0.39, 0.29) is 4.47 Å². The first-order valence-corrected chi connectivity index (χ1v) is 4.38. The maximum Gasteiger partial charge on any atom is 0.354 e. The zero-order chi connectivity index (χ0) is 11.6. The van der Waals surface area contributed by atoms with E-state index in [0.29, 0.717) is 0 Å². The third-order valence-corrected chi connectivity index (χ3v) is 2.21. The topological polar surface area (TPSA) is 74.0 Å². The van der Waals surface area contributed by atoms with Crippen molar-refractivity contribution >= 4 is 21.9 Å². The molecule has 0 atom stereocenters. The molecule has 0 fully saturated rings. The van der Waals surface area contributed by atoms with Crippen molar-refractivity contribution in [3.8, 4) is 6.07 Å². The van der Waals surface area contributed by atoms with E-state index in [4.69, 9.17) is 10.4 Å². The van der Waals surface area contributed by atoms with Crippen LogP contribution in [0.15, 0.2) is 10.5 Å². The lowest BCUT2D eigenvalue weighted by Crippen LogP contribution is -2.05. The van der Waals surface area contributed by atoms with Gasteiger partial charge < -0.3 is 5.11 Å². The van der Waals surface area contributed by atoms with E-state index in [1.807, 2.05) is 0 Å². The molecule has 0 radical (unpaired) electrons. The summed E-state index contributed by atoms with van der Waals surface area (Å²) in [4.78, 5) is 13.8. The number of carbonyl (C=O) groups is 1. The highest BCUT2D eigenvalue weighted by molar-refractivity contribution is 9.10. The molecule has 0 aliphatic heterocycles. The molecule has 1 N–H and O–H groups in total. The smallest absolute Gasteiger partial charge is 0.354 e. The standard InChI is InChI=1S/C8H3BrF2N2O2/c9-3-1-4(8(14)15)13-5(2-12)6(3)7(10)11/h1,7H,(H,14,15). The summed E-state index contributed by atoms with van der Waals surface area (Å²) in [6.45, 7) is 0. The number of nitriles is 1. The first kappa shape index (κ1) is 11.5. The molecule has 78 valence electrons. The lowest BCUT2D eigenvalue weighted by Gasteiger charge is -2.05. The number of nitrogens with zero attached hydrogens (tertiary/aromatic N) is 2. The SMILES string of the molecule is N#Cc1nc(C(=O)O)cc(Br)c1C(F)F. The number of carboxylic acids is 1. The molecule has 0 aliphatic rings. The zero-order valence-electron chi connectivity index (χ0n) is 7.04. The molecule has 0 unspecified atom stereocenters. The van der Waals surface area contributed by atoms with Crippen LogP contribution in [0.25, 0.3) is 0 Å². The van der Waals surface area contributed by atoms with Gasteiger partial charge in [0.1, 0.15) is 6.07 Å². The van der Waals surface area contributed by atoms with Crippen molar-refractivity contribution < 1.29 is 18.7 Å². The second-order valence-corrected chi connectivity index (χ2v) is 3.32. The van der Waals surface area contributed by atoms with Crippen molar-refractivity contribution in [1.29, 1.82) is 5.26 Å². The Morgan fingerprint density at radius 1 is 1.67 bits per heavy atom. The quantitative estimate of drug-likeness (QED) is 0.900. The van der Waals surface area contributed by atoms with E-state index >= 15 is 0 Å². The van der Waals surface area contributed by atoms with Gasteiger partial charge in [-0.15, -0.1) is 0 Å². The second-order valence-electron chi connectivity index (χ2n) is 2.47. The molecule has 0 bridgehead atoms. The number of hydrogen-bond donors (Lipinski definition) is 1. The van der Waals surface area contributed by atoms with E-state index in [0.717, 1.165) is 6.07 Å². The van der Waals surface area contributed by atoms with Crippen molar-refractivity contribution in [2.24, 2.45) is 0 Å². The molecule has 0 aliphatic carbocycles. The number of hydrogen-bond acceptors (Lipinski definition) is 3. The molecule has 7 heteroatoms. The molecule has 1 aromatic heterocycles. The molecule has 1 rings (SSSR count). The molecule has 1 heterocycles. The summed E-state index contributed by atoms with van der Waals surface area (Å²) in [6, 6.07) is 2.36. The fourth-order valence-electron chi connectivity index (χ4n) is 0.926. The first-order chi connectivity index (χ1) is 6.97. The minimum Gasteiger partial charge on any atom is -0.477 e. The van der Waals surface area contributed by atoms with E-state index in [1.165, 1.54) is 6.07 Å². The highest BCUT2D eigenvalue weighted by atomic mass is 79.9. The average Bonchev–Trinajstić information content (AvgIpc) is 2.15. The van der Waals surface area contributed by atoms with Gasteiger partial charge in [-0.3, -0.25) is 0 Å². The Morgan fingerprint density at radius 2 is 2.27 bits per heavy atom. The van der Waals surface area contributed by atoms with Crippen LogP contribution >= 0.6 is 15.9 Å². The normalized spacial score (nSPS) is 10.1. The summed E-state index contributed by atoms with van der Waals surface area (Å²) in [5, 5.41) is 17.1. The van der Waals surface area contributed by atoms with Crippen molar-refractivity contribution in [3.05, 3.63) is 27.5 Å². The average molecular weight is 277 g/mol. The van der Waals surface area contributed by atoms with Gasteiger partial charge >= 0.3 is 5.97 Å². The van der Waals surface area contributed by atoms with E-state index < -0.39 is 29.3 Å². The van der Waals surface area contributed by atoms with E-state index in [2.05, 4.69) is 20.9 Å². The highest BCUT2D eigenvalue weighted by Crippen LogP contribution is 2.29. The number of pyridine rings is 1. The Hall–Kier alpha value is -1.55. The summed E-state index contributed by atoms with van der Waals surface area (Å²) in [5.74, 6) is -1.38. The number of halogens is 3. The Labute approximate surface area is 91.3 Å². The Morgan fingerprint density at radius 3 is 2.67 bits per heavy atom. The predicted molar refractivity (Wildman–Crippen MR) is 48.6 cm³/mol. The van der Waals surface area contributed by atoms with Crippen LogP contribution in [0.3, 0.4) is 0 Å². The molecule has 0 saturated heterocycles. The van der Waals surface area contributed by atoms with Crippen LogP contribution in [-0.4, -0.2) is 16.1 Å². The summed E-state index contributed by atoms with van der Waals surface area (Å²) in [6.07, 6.45) is -2.88. The second kappa shape index (κ2) is 4.31. The maximum absolute atomic E-state index is 12.4. The Balaban J connectivity index is 3.46. The van der Waals surface area contributed by atoms with E-state index in [9.17, 15) is 13.6 Å². The molecule has 4 nitrogen and oxygen atoms in total. The summed E-state index contributed by atoms with van der Waals surface area (Å²) in [7, 11) is 0. The predicted octanol–water partition coefficient (Wildman–Crippen LogP) is 2.35. The Bertz CT molecular complexity index is 457. The van der Waals surface area contributed by atoms with Gasteiger partial charge in [0, 0.05) is 4.47 Å². The molecule has 0 aromatic carbocycles. The lowest BCUT2D eigenvalue weighted by molar-refractivity contribution is 0.0689. The van der Waals surface area contributed by atoms with Crippen molar-refractivity contribution in [1.82, 2.24) is 4.98 Å². The van der Waals surface area contributed by atoms with Gasteiger partial charge in [0.05, 0.1) is 5.56 Å². The van der Waals surface area contributed by atoms with Crippen molar-refractivity contribution in [2.75, 3.05) is 0 Å². The lowest BCUT2D eigenvalue weighted by atomic mass is 10.2. The third kappa shape index (κ3) is 2.27. The van der Waals surface area contributed by atoms with Crippen LogP contribution in [0.1, 0.15) is 28.2 Å². The summed E-state index contributed by atoms with van der Waals surface area (Å²) < 4.78 is 24.7. The van der Waals surface area contributed by atoms with E-state index in [1.54, 1.807) is 0 Å².